The Kier molecular flexibility index (Phi) is 10.6. The van der Waals surface area contributed by atoms with Gasteiger partial charge in [0.25, 0.3) is 0 Å². The first kappa shape index (κ1) is 29.9. The van der Waals surface area contributed by atoms with Crippen molar-refractivity contribution in [1.82, 2.24) is 0 Å². The van der Waals surface area contributed by atoms with Crippen LogP contribution in [-0.2, 0) is 36.6 Å². The number of methoxy groups -OCH3 is 2. The Labute approximate surface area is 228 Å². The van der Waals surface area contributed by atoms with E-state index < -0.39 is 26.5 Å². The Balaban J connectivity index is 1.66. The van der Waals surface area contributed by atoms with E-state index in [1.165, 1.54) is 0 Å². The zero-order chi connectivity index (χ0) is 27.8. The van der Waals surface area contributed by atoms with Crippen molar-refractivity contribution >= 4 is 14.3 Å². The number of carbonyl (C=O) groups excluding carboxylic acids is 1. The molecule has 1 aliphatic carbocycles. The van der Waals surface area contributed by atoms with Gasteiger partial charge in [-0.05, 0) is 66.0 Å². The maximum absolute atomic E-state index is 12.8. The molecule has 7 nitrogen and oxygen atoms in total. The maximum Gasteiger partial charge on any atom is 0.332 e. The first-order valence-electron chi connectivity index (χ1n) is 13.0. The molecule has 0 saturated heterocycles. The lowest BCUT2D eigenvalue weighted by Crippen LogP contribution is -2.53. The van der Waals surface area contributed by atoms with E-state index in [0.29, 0.717) is 19.6 Å². The van der Waals surface area contributed by atoms with Crippen molar-refractivity contribution < 1.29 is 32.9 Å². The lowest BCUT2D eigenvalue weighted by atomic mass is 9.98. The predicted octanol–water partition coefficient (Wildman–Crippen LogP) is 6.07. The van der Waals surface area contributed by atoms with Crippen LogP contribution in [0.15, 0.2) is 60.7 Å². The lowest BCUT2D eigenvalue weighted by molar-refractivity contribution is -0.163. The molecule has 0 aliphatic heterocycles. The fraction of sp³-hybridized carbons (Fsp3) is 0.500. The van der Waals surface area contributed by atoms with Crippen LogP contribution in [0.5, 0.6) is 11.5 Å². The van der Waals surface area contributed by atoms with Crippen LogP contribution in [-0.4, -0.2) is 53.4 Å². The van der Waals surface area contributed by atoms with E-state index in [4.69, 9.17) is 28.1 Å². The molecule has 0 saturated carbocycles. The van der Waals surface area contributed by atoms with Gasteiger partial charge in [0.1, 0.15) is 30.3 Å². The fourth-order valence-electron chi connectivity index (χ4n) is 3.86. The summed E-state index contributed by atoms with van der Waals surface area (Å²) in [6, 6.07) is 15.3. The van der Waals surface area contributed by atoms with Crippen LogP contribution in [0.4, 0.5) is 0 Å². The molecule has 0 unspecified atom stereocenters. The van der Waals surface area contributed by atoms with E-state index in [2.05, 4.69) is 33.9 Å². The highest BCUT2D eigenvalue weighted by molar-refractivity contribution is 6.74. The van der Waals surface area contributed by atoms with Gasteiger partial charge >= 0.3 is 5.97 Å². The molecule has 0 bridgehead atoms. The summed E-state index contributed by atoms with van der Waals surface area (Å²) in [5.74, 6) is 1.11. The van der Waals surface area contributed by atoms with E-state index in [1.807, 2.05) is 60.7 Å². The Hall–Kier alpha value is -2.65. The number of benzene rings is 2. The van der Waals surface area contributed by atoms with Crippen molar-refractivity contribution in [3.8, 4) is 11.5 Å². The lowest BCUT2D eigenvalue weighted by Gasteiger charge is -2.44. The number of hydrogen-bond donors (Lipinski definition) is 0. The second kappa shape index (κ2) is 13.4. The second-order valence-electron chi connectivity index (χ2n) is 11.0. The van der Waals surface area contributed by atoms with Gasteiger partial charge in [-0.2, -0.15) is 0 Å². The van der Waals surface area contributed by atoms with Crippen molar-refractivity contribution in [2.24, 2.45) is 0 Å². The van der Waals surface area contributed by atoms with Gasteiger partial charge in [0.15, 0.2) is 8.32 Å². The van der Waals surface area contributed by atoms with Crippen LogP contribution in [0.25, 0.3) is 0 Å². The van der Waals surface area contributed by atoms with Gasteiger partial charge in [0.05, 0.1) is 33.5 Å². The predicted molar refractivity (Wildman–Crippen MR) is 150 cm³/mol. The minimum Gasteiger partial charge on any atom is -0.497 e. The van der Waals surface area contributed by atoms with Crippen LogP contribution in [0, 0.1) is 0 Å². The average molecular weight is 543 g/mol. The third-order valence-corrected chi connectivity index (χ3v) is 11.6. The normalized spacial score (nSPS) is 19.7. The highest BCUT2D eigenvalue weighted by Gasteiger charge is 2.44. The second-order valence-corrected chi connectivity index (χ2v) is 15.8. The molecule has 2 aromatic rings. The summed E-state index contributed by atoms with van der Waals surface area (Å²) in [5.41, 5.74) is 1.95. The van der Waals surface area contributed by atoms with Crippen molar-refractivity contribution in [3.63, 3.8) is 0 Å². The van der Waals surface area contributed by atoms with Crippen LogP contribution >= 0.6 is 0 Å². The zero-order valence-electron chi connectivity index (χ0n) is 23.7. The highest BCUT2D eigenvalue weighted by atomic mass is 28.4. The maximum atomic E-state index is 12.8. The summed E-state index contributed by atoms with van der Waals surface area (Å²) < 4.78 is 35.2. The fourth-order valence-corrected chi connectivity index (χ4v) is 5.18. The SMILES string of the molecule is COc1ccc(COCC(=O)O[C@H]2C=CC[C@H](OCc3cccc(OC)c3)[C@@H]2O[Si](C)(C)C(C)(C)C)cc1. The molecule has 0 N–H and O–H groups in total. The third-order valence-electron chi connectivity index (χ3n) is 7.13. The third kappa shape index (κ3) is 8.43. The molecule has 208 valence electrons. The first-order chi connectivity index (χ1) is 18.0. The zero-order valence-corrected chi connectivity index (χ0v) is 24.7. The summed E-state index contributed by atoms with van der Waals surface area (Å²) in [6.07, 6.45) is 3.33. The topological polar surface area (TPSA) is 72.5 Å². The van der Waals surface area contributed by atoms with E-state index >= 15 is 0 Å². The highest BCUT2D eigenvalue weighted by Crippen LogP contribution is 2.39. The van der Waals surface area contributed by atoms with Crippen LogP contribution in [0.3, 0.4) is 0 Å². The Morgan fingerprint density at radius 2 is 1.66 bits per heavy atom. The molecule has 0 spiro atoms. The monoisotopic (exact) mass is 542 g/mol. The molecule has 0 heterocycles. The number of ether oxygens (including phenoxy) is 5. The molecular formula is C30H42O7Si. The van der Waals surface area contributed by atoms with Gasteiger partial charge in [-0.25, -0.2) is 4.79 Å². The van der Waals surface area contributed by atoms with Crippen LogP contribution in [0.2, 0.25) is 18.1 Å². The Morgan fingerprint density at radius 3 is 2.32 bits per heavy atom. The van der Waals surface area contributed by atoms with Gasteiger partial charge in [-0.1, -0.05) is 51.1 Å². The van der Waals surface area contributed by atoms with E-state index in [9.17, 15) is 4.79 Å². The van der Waals surface area contributed by atoms with E-state index in [-0.39, 0.29) is 17.7 Å². The molecule has 8 heteroatoms. The molecule has 0 aromatic heterocycles. The van der Waals surface area contributed by atoms with Gasteiger partial charge in [-0.3, -0.25) is 0 Å². The molecular weight excluding hydrogens is 500 g/mol. The number of esters is 1. The smallest absolute Gasteiger partial charge is 0.332 e. The van der Waals surface area contributed by atoms with Gasteiger partial charge in [0.2, 0.25) is 0 Å². The summed E-state index contributed by atoms with van der Waals surface area (Å²) in [6.45, 7) is 11.5. The molecule has 3 rings (SSSR count). The van der Waals surface area contributed by atoms with Gasteiger partial charge < -0.3 is 28.1 Å². The van der Waals surface area contributed by atoms with E-state index in [1.54, 1.807) is 14.2 Å². The molecule has 38 heavy (non-hydrogen) atoms. The molecule has 3 atom stereocenters. The summed E-state index contributed by atoms with van der Waals surface area (Å²) in [4.78, 5) is 12.8. The quantitative estimate of drug-likeness (QED) is 0.183. The molecule has 2 aromatic carbocycles. The molecule has 0 radical (unpaired) electrons. The van der Waals surface area contributed by atoms with Crippen molar-refractivity contribution in [2.75, 3.05) is 20.8 Å². The number of rotatable bonds is 12. The summed E-state index contributed by atoms with van der Waals surface area (Å²) in [5, 5.41) is -0.0124. The Bertz CT molecular complexity index is 1060. The molecule has 0 amide bonds. The molecule has 1 aliphatic rings. The number of carbonyl (C=O) groups is 1. The van der Waals surface area contributed by atoms with E-state index in [0.717, 1.165) is 22.6 Å². The average Bonchev–Trinajstić information content (AvgIpc) is 2.88. The summed E-state index contributed by atoms with van der Waals surface area (Å²) in [7, 11) is 1.08. The molecule has 0 fully saturated rings. The van der Waals surface area contributed by atoms with Crippen LogP contribution in [0.1, 0.15) is 38.3 Å². The largest absolute Gasteiger partial charge is 0.497 e. The Morgan fingerprint density at radius 1 is 0.947 bits per heavy atom. The van der Waals surface area contributed by atoms with Crippen molar-refractivity contribution in [2.45, 2.75) is 76.8 Å². The first-order valence-corrected chi connectivity index (χ1v) is 15.9. The van der Waals surface area contributed by atoms with Crippen molar-refractivity contribution in [1.29, 1.82) is 0 Å². The van der Waals surface area contributed by atoms with Crippen molar-refractivity contribution in [3.05, 3.63) is 71.8 Å². The number of hydrogen-bond acceptors (Lipinski definition) is 7. The van der Waals surface area contributed by atoms with Crippen LogP contribution < -0.4 is 9.47 Å². The standard InChI is InChI=1S/C30H42O7Si/c1-30(2,3)38(6,7)37-29-26(35-20-23-10-8-11-25(18-23)33-5)12-9-13-27(29)36-28(31)21-34-19-22-14-16-24(32-4)17-15-22/h8-11,13-18,26-27,29H,12,19-21H2,1-7H3/t26-,27-,29-/m0/s1. The minimum atomic E-state index is -2.19. The van der Waals surface area contributed by atoms with Gasteiger partial charge in [-0.15, -0.1) is 0 Å². The minimum absolute atomic E-state index is 0.0124. The summed E-state index contributed by atoms with van der Waals surface area (Å²) >= 11 is 0. The van der Waals surface area contributed by atoms with Gasteiger partial charge in [0, 0.05) is 0 Å².